The topological polar surface area (TPSA) is 80.4 Å². The van der Waals surface area contributed by atoms with E-state index in [2.05, 4.69) is 15.9 Å². The smallest absolute Gasteiger partial charge is 0.307 e. The molecule has 1 atom stereocenters. The highest BCUT2D eigenvalue weighted by Crippen LogP contribution is 2.35. The highest BCUT2D eigenvalue weighted by atomic mass is 79.9. The summed E-state index contributed by atoms with van der Waals surface area (Å²) in [5.74, 6) is -1.25. The minimum absolute atomic E-state index is 0.0105. The van der Waals surface area contributed by atoms with Crippen molar-refractivity contribution in [3.05, 3.63) is 38.3 Å². The molecule has 1 aliphatic rings. The Balaban J connectivity index is 2.26. The van der Waals surface area contributed by atoms with Gasteiger partial charge in [0.15, 0.2) is 0 Å². The number of aliphatic carboxylic acids is 1. The highest BCUT2D eigenvalue weighted by molar-refractivity contribution is 9.10. The van der Waals surface area contributed by atoms with Gasteiger partial charge in [0, 0.05) is 16.1 Å². The van der Waals surface area contributed by atoms with Gasteiger partial charge in [-0.3, -0.25) is 14.9 Å². The Morgan fingerprint density at radius 3 is 2.65 bits per heavy atom. The van der Waals surface area contributed by atoms with E-state index in [0.717, 1.165) is 25.7 Å². The first kappa shape index (κ1) is 15.0. The molecule has 0 heterocycles. The van der Waals surface area contributed by atoms with Crippen LogP contribution in [0.1, 0.15) is 31.2 Å². The Kier molecular flexibility index (Phi) is 4.75. The maximum absolute atomic E-state index is 11.5. The summed E-state index contributed by atoms with van der Waals surface area (Å²) in [4.78, 5) is 22.1. The van der Waals surface area contributed by atoms with Crippen molar-refractivity contribution in [1.82, 2.24) is 0 Å². The lowest BCUT2D eigenvalue weighted by Crippen LogP contribution is -2.24. The summed E-state index contributed by atoms with van der Waals surface area (Å²) in [6.45, 7) is 0. The molecule has 0 bridgehead atoms. The van der Waals surface area contributed by atoms with Gasteiger partial charge in [0.25, 0.3) is 5.69 Å². The molecule has 0 aromatic heterocycles. The molecule has 0 aliphatic heterocycles. The van der Waals surface area contributed by atoms with Crippen LogP contribution in [0.15, 0.2) is 22.7 Å². The van der Waals surface area contributed by atoms with Crippen LogP contribution in [0.4, 0.5) is 5.69 Å². The molecule has 6 heteroatoms. The predicted octanol–water partition coefficient (Wildman–Crippen LogP) is 3.79. The number of hydrogen-bond donors (Lipinski definition) is 1. The van der Waals surface area contributed by atoms with Crippen LogP contribution in [0.3, 0.4) is 0 Å². The van der Waals surface area contributed by atoms with Crippen LogP contribution >= 0.6 is 15.9 Å². The highest BCUT2D eigenvalue weighted by Gasteiger charge is 2.32. The van der Waals surface area contributed by atoms with Crippen molar-refractivity contribution in [2.45, 2.75) is 32.1 Å². The maximum Gasteiger partial charge on any atom is 0.307 e. The largest absolute Gasteiger partial charge is 0.481 e. The van der Waals surface area contributed by atoms with Gasteiger partial charge in [-0.2, -0.15) is 0 Å². The van der Waals surface area contributed by atoms with E-state index in [4.69, 9.17) is 0 Å². The molecule has 1 aliphatic carbocycles. The van der Waals surface area contributed by atoms with Gasteiger partial charge in [0.05, 0.1) is 10.8 Å². The molecule has 1 aromatic rings. The molecule has 1 N–H and O–H groups in total. The summed E-state index contributed by atoms with van der Waals surface area (Å²) in [5, 5.41) is 20.5. The van der Waals surface area contributed by atoms with Crippen molar-refractivity contribution in [2.75, 3.05) is 0 Å². The second-order valence-corrected chi connectivity index (χ2v) is 6.14. The van der Waals surface area contributed by atoms with Crippen LogP contribution < -0.4 is 0 Å². The molecule has 1 fully saturated rings. The van der Waals surface area contributed by atoms with Crippen LogP contribution in [-0.2, 0) is 11.2 Å². The number of carboxylic acid groups (broad SMARTS) is 1. The van der Waals surface area contributed by atoms with Crippen molar-refractivity contribution in [3.8, 4) is 0 Å². The lowest BCUT2D eigenvalue weighted by molar-refractivity contribution is -0.385. The van der Waals surface area contributed by atoms with E-state index < -0.39 is 16.8 Å². The third-order valence-corrected chi connectivity index (χ3v) is 4.46. The van der Waals surface area contributed by atoms with Crippen molar-refractivity contribution in [1.29, 1.82) is 0 Å². The van der Waals surface area contributed by atoms with E-state index in [-0.39, 0.29) is 18.0 Å². The summed E-state index contributed by atoms with van der Waals surface area (Å²) in [5.41, 5.74) is 0.487. The number of halogens is 1. The number of carboxylic acids is 1. The minimum atomic E-state index is -0.853. The van der Waals surface area contributed by atoms with Gasteiger partial charge in [0.2, 0.25) is 0 Å². The first-order chi connectivity index (χ1) is 9.49. The number of carbonyl (C=O) groups is 1. The molecule has 108 valence electrons. The molecule has 1 unspecified atom stereocenters. The molecular formula is C14H16BrNO4. The quantitative estimate of drug-likeness (QED) is 0.652. The Morgan fingerprint density at radius 1 is 1.45 bits per heavy atom. The minimum Gasteiger partial charge on any atom is -0.481 e. The van der Waals surface area contributed by atoms with Gasteiger partial charge >= 0.3 is 5.97 Å². The lowest BCUT2D eigenvalue weighted by atomic mass is 9.85. The molecule has 0 spiro atoms. The van der Waals surface area contributed by atoms with Crippen molar-refractivity contribution in [3.63, 3.8) is 0 Å². The van der Waals surface area contributed by atoms with E-state index in [9.17, 15) is 20.0 Å². The predicted molar refractivity (Wildman–Crippen MR) is 77.6 cm³/mol. The van der Waals surface area contributed by atoms with Crippen LogP contribution in [0, 0.1) is 22.0 Å². The van der Waals surface area contributed by atoms with Gasteiger partial charge in [-0.1, -0.05) is 34.8 Å². The van der Waals surface area contributed by atoms with Crippen LogP contribution in [0.25, 0.3) is 0 Å². The second kappa shape index (κ2) is 6.35. The SMILES string of the molecule is O=C(O)C(Cc1ccc(Br)cc1[N+](=O)[O-])C1CCCC1. The van der Waals surface area contributed by atoms with Gasteiger partial charge < -0.3 is 5.11 Å². The van der Waals surface area contributed by atoms with E-state index in [1.54, 1.807) is 12.1 Å². The number of nitro groups is 1. The van der Waals surface area contributed by atoms with Gasteiger partial charge in [-0.15, -0.1) is 0 Å². The molecule has 0 radical (unpaired) electrons. The molecule has 5 nitrogen and oxygen atoms in total. The standard InChI is InChI=1S/C14H16BrNO4/c15-11-6-5-10(13(8-11)16(19)20)7-12(14(17)18)9-3-1-2-4-9/h5-6,8-9,12H,1-4,7H2,(H,17,18). The molecule has 0 saturated heterocycles. The number of hydrogen-bond acceptors (Lipinski definition) is 3. The molecule has 20 heavy (non-hydrogen) atoms. The van der Waals surface area contributed by atoms with Crippen LogP contribution in [0.5, 0.6) is 0 Å². The molecule has 2 rings (SSSR count). The first-order valence-electron chi connectivity index (χ1n) is 6.64. The van der Waals surface area contributed by atoms with Crippen molar-refractivity contribution >= 4 is 27.6 Å². The number of benzene rings is 1. The Bertz CT molecular complexity index is 526. The lowest BCUT2D eigenvalue weighted by Gasteiger charge is -2.19. The first-order valence-corrected chi connectivity index (χ1v) is 7.44. The summed E-state index contributed by atoms with van der Waals surface area (Å²) < 4.78 is 0.626. The Hall–Kier alpha value is -1.43. The van der Waals surface area contributed by atoms with E-state index in [0.29, 0.717) is 10.0 Å². The van der Waals surface area contributed by atoms with Gasteiger partial charge in [0.1, 0.15) is 0 Å². The Labute approximate surface area is 125 Å². The summed E-state index contributed by atoms with van der Waals surface area (Å²) in [7, 11) is 0. The zero-order valence-electron chi connectivity index (χ0n) is 10.9. The fourth-order valence-corrected chi connectivity index (χ4v) is 3.28. The molecule has 0 amide bonds. The fourth-order valence-electron chi connectivity index (χ4n) is 2.93. The zero-order valence-corrected chi connectivity index (χ0v) is 12.5. The van der Waals surface area contributed by atoms with E-state index in [1.807, 2.05) is 0 Å². The fraction of sp³-hybridized carbons (Fsp3) is 0.500. The second-order valence-electron chi connectivity index (χ2n) is 5.22. The summed E-state index contributed by atoms with van der Waals surface area (Å²) in [6, 6.07) is 4.80. The Morgan fingerprint density at radius 2 is 2.10 bits per heavy atom. The molecule has 1 aromatic carbocycles. The number of nitro benzene ring substituents is 1. The number of nitrogens with zero attached hydrogens (tertiary/aromatic N) is 1. The van der Waals surface area contributed by atoms with Crippen LogP contribution in [-0.4, -0.2) is 16.0 Å². The molecule has 1 saturated carbocycles. The van der Waals surface area contributed by atoms with Crippen LogP contribution in [0.2, 0.25) is 0 Å². The van der Waals surface area contributed by atoms with Gasteiger partial charge in [-0.05, 0) is 31.2 Å². The monoisotopic (exact) mass is 341 g/mol. The zero-order chi connectivity index (χ0) is 14.7. The normalized spacial score (nSPS) is 17.1. The number of rotatable bonds is 5. The summed E-state index contributed by atoms with van der Waals surface area (Å²) in [6.07, 6.45) is 4.14. The maximum atomic E-state index is 11.5. The molecular weight excluding hydrogens is 326 g/mol. The average Bonchev–Trinajstić information content (AvgIpc) is 2.90. The van der Waals surface area contributed by atoms with Crippen molar-refractivity contribution in [2.24, 2.45) is 11.8 Å². The van der Waals surface area contributed by atoms with Crippen molar-refractivity contribution < 1.29 is 14.8 Å². The van der Waals surface area contributed by atoms with E-state index in [1.165, 1.54) is 6.07 Å². The average molecular weight is 342 g/mol. The van der Waals surface area contributed by atoms with E-state index >= 15 is 0 Å². The third kappa shape index (κ3) is 3.36. The van der Waals surface area contributed by atoms with Gasteiger partial charge in [-0.25, -0.2) is 0 Å². The summed E-state index contributed by atoms with van der Waals surface area (Å²) >= 11 is 3.21. The third-order valence-electron chi connectivity index (χ3n) is 3.97.